The van der Waals surface area contributed by atoms with Crippen LogP contribution in [0.1, 0.15) is 30.2 Å². The van der Waals surface area contributed by atoms with E-state index in [9.17, 15) is 9.59 Å². The number of hydrogen-bond acceptors (Lipinski definition) is 5. The number of aryl methyl sites for hydroxylation is 1. The fourth-order valence-electron chi connectivity index (χ4n) is 1.61. The third kappa shape index (κ3) is 1.95. The van der Waals surface area contributed by atoms with E-state index in [4.69, 9.17) is 11.5 Å². The molecule has 0 radical (unpaired) electrons. The molecule has 0 saturated heterocycles. The summed E-state index contributed by atoms with van der Waals surface area (Å²) in [7, 11) is 1.23. The van der Waals surface area contributed by atoms with Crippen molar-refractivity contribution in [3.05, 3.63) is 11.5 Å². The van der Waals surface area contributed by atoms with Gasteiger partial charge in [0.1, 0.15) is 17.2 Å². The normalized spacial score (nSPS) is 11.3. The van der Waals surface area contributed by atoms with Gasteiger partial charge in [0.2, 0.25) is 5.91 Å². The second-order valence-corrected chi connectivity index (χ2v) is 4.14. The van der Waals surface area contributed by atoms with Gasteiger partial charge in [0.05, 0.1) is 7.11 Å². The summed E-state index contributed by atoms with van der Waals surface area (Å²) in [6.45, 7) is 4.83. The number of ether oxygens (including phenoxy) is 1. The van der Waals surface area contributed by atoms with Gasteiger partial charge in [-0.3, -0.25) is 9.36 Å². The molecule has 0 fully saturated rings. The van der Waals surface area contributed by atoms with E-state index >= 15 is 0 Å². The molecule has 94 valence electrons. The Hall–Kier alpha value is -2.05. The minimum absolute atomic E-state index is 0.0145. The van der Waals surface area contributed by atoms with Gasteiger partial charge in [-0.1, -0.05) is 0 Å². The standard InChI is InChI=1S/C10H16N4O3/c1-5-13-6(8(15)17-4)7(11)14(5)10(2,3)9(12)16/h11H2,1-4H3,(H2,12,16). The summed E-state index contributed by atoms with van der Waals surface area (Å²) in [5, 5.41) is 0. The molecule has 0 bridgehead atoms. The third-order valence-electron chi connectivity index (χ3n) is 2.62. The van der Waals surface area contributed by atoms with Gasteiger partial charge in [-0.05, 0) is 20.8 Å². The summed E-state index contributed by atoms with van der Waals surface area (Å²) >= 11 is 0. The average molecular weight is 240 g/mol. The van der Waals surface area contributed by atoms with Crippen molar-refractivity contribution in [2.75, 3.05) is 12.8 Å². The smallest absolute Gasteiger partial charge is 0.360 e. The monoisotopic (exact) mass is 240 g/mol. The number of primary amides is 1. The van der Waals surface area contributed by atoms with Crippen molar-refractivity contribution < 1.29 is 14.3 Å². The molecule has 0 aromatic carbocycles. The Bertz CT molecular complexity index is 476. The number of nitrogens with two attached hydrogens (primary N) is 2. The molecule has 0 aliphatic rings. The molecule has 0 aliphatic heterocycles. The van der Waals surface area contributed by atoms with E-state index in [0.717, 1.165) is 0 Å². The number of carbonyl (C=O) groups excluding carboxylic acids is 2. The Morgan fingerprint density at radius 2 is 1.94 bits per heavy atom. The first-order chi connectivity index (χ1) is 7.73. The highest BCUT2D eigenvalue weighted by molar-refractivity contribution is 5.93. The zero-order chi connectivity index (χ0) is 13.4. The lowest BCUT2D eigenvalue weighted by Crippen LogP contribution is -2.42. The Morgan fingerprint density at radius 1 is 1.41 bits per heavy atom. The lowest BCUT2D eigenvalue weighted by molar-refractivity contribution is -0.125. The molecular weight excluding hydrogens is 224 g/mol. The van der Waals surface area contributed by atoms with E-state index in [-0.39, 0.29) is 11.5 Å². The van der Waals surface area contributed by atoms with E-state index in [1.54, 1.807) is 20.8 Å². The molecule has 1 rings (SSSR count). The summed E-state index contributed by atoms with van der Waals surface area (Å²) in [5.41, 5.74) is 10.0. The van der Waals surface area contributed by atoms with Crippen molar-refractivity contribution in [2.24, 2.45) is 5.73 Å². The minimum atomic E-state index is -1.06. The number of imidazole rings is 1. The molecule has 1 heterocycles. The summed E-state index contributed by atoms with van der Waals surface area (Å²) in [5.74, 6) is -0.726. The number of carbonyl (C=O) groups is 2. The maximum absolute atomic E-state index is 11.4. The van der Waals surface area contributed by atoms with Crippen LogP contribution in [-0.4, -0.2) is 28.5 Å². The van der Waals surface area contributed by atoms with Gasteiger partial charge >= 0.3 is 5.97 Å². The second-order valence-electron chi connectivity index (χ2n) is 4.14. The number of hydrogen-bond donors (Lipinski definition) is 2. The van der Waals surface area contributed by atoms with Crippen LogP contribution in [0.2, 0.25) is 0 Å². The Balaban J connectivity index is 3.42. The number of esters is 1. The zero-order valence-electron chi connectivity index (χ0n) is 10.3. The molecule has 0 saturated carbocycles. The van der Waals surface area contributed by atoms with Crippen molar-refractivity contribution in [1.29, 1.82) is 0 Å². The van der Waals surface area contributed by atoms with Gasteiger partial charge in [0.15, 0.2) is 5.69 Å². The van der Waals surface area contributed by atoms with Gasteiger partial charge in [0, 0.05) is 0 Å². The predicted octanol–water partition coefficient (Wildman–Crippen LogP) is -0.219. The van der Waals surface area contributed by atoms with Gasteiger partial charge in [0.25, 0.3) is 0 Å². The third-order valence-corrected chi connectivity index (χ3v) is 2.62. The second kappa shape index (κ2) is 4.08. The maximum Gasteiger partial charge on any atom is 0.360 e. The van der Waals surface area contributed by atoms with E-state index in [0.29, 0.717) is 5.82 Å². The van der Waals surface area contributed by atoms with Crippen LogP contribution in [-0.2, 0) is 15.1 Å². The predicted molar refractivity (Wildman–Crippen MR) is 61.2 cm³/mol. The Kier molecular flexibility index (Phi) is 3.12. The fraction of sp³-hybridized carbons (Fsp3) is 0.500. The number of rotatable bonds is 3. The minimum Gasteiger partial charge on any atom is -0.464 e. The molecule has 0 spiro atoms. The van der Waals surface area contributed by atoms with Crippen LogP contribution >= 0.6 is 0 Å². The number of anilines is 1. The molecule has 17 heavy (non-hydrogen) atoms. The van der Waals surface area contributed by atoms with Crippen LogP contribution in [0.5, 0.6) is 0 Å². The van der Waals surface area contributed by atoms with Gasteiger partial charge < -0.3 is 16.2 Å². The summed E-state index contributed by atoms with van der Waals surface area (Å²) in [4.78, 5) is 26.8. The number of aromatic nitrogens is 2. The lowest BCUT2D eigenvalue weighted by atomic mass is 10.0. The molecule has 4 N–H and O–H groups in total. The van der Waals surface area contributed by atoms with Gasteiger partial charge in [-0.25, -0.2) is 9.78 Å². The zero-order valence-corrected chi connectivity index (χ0v) is 10.3. The van der Waals surface area contributed by atoms with Gasteiger partial charge in [-0.2, -0.15) is 0 Å². The molecule has 7 nitrogen and oxygen atoms in total. The molecular formula is C10H16N4O3. The summed E-state index contributed by atoms with van der Waals surface area (Å²) < 4.78 is 5.97. The van der Waals surface area contributed by atoms with Crippen LogP contribution < -0.4 is 11.5 Å². The highest BCUT2D eigenvalue weighted by atomic mass is 16.5. The van der Waals surface area contributed by atoms with Crippen molar-refractivity contribution in [3.63, 3.8) is 0 Å². The van der Waals surface area contributed by atoms with Crippen molar-refractivity contribution in [2.45, 2.75) is 26.3 Å². The maximum atomic E-state index is 11.4. The largest absolute Gasteiger partial charge is 0.464 e. The van der Waals surface area contributed by atoms with Gasteiger partial charge in [-0.15, -0.1) is 0 Å². The van der Waals surface area contributed by atoms with Crippen molar-refractivity contribution in [1.82, 2.24) is 9.55 Å². The van der Waals surface area contributed by atoms with E-state index in [2.05, 4.69) is 9.72 Å². The number of nitrogens with zero attached hydrogens (tertiary/aromatic N) is 2. The van der Waals surface area contributed by atoms with Crippen LogP contribution in [0.3, 0.4) is 0 Å². The van der Waals surface area contributed by atoms with Crippen LogP contribution in [0.25, 0.3) is 0 Å². The van der Waals surface area contributed by atoms with Crippen LogP contribution in [0.15, 0.2) is 0 Å². The molecule has 0 atom stereocenters. The van der Waals surface area contributed by atoms with Crippen LogP contribution in [0.4, 0.5) is 5.82 Å². The first-order valence-corrected chi connectivity index (χ1v) is 4.97. The van der Waals surface area contributed by atoms with E-state index < -0.39 is 17.4 Å². The molecule has 7 heteroatoms. The van der Waals surface area contributed by atoms with E-state index in [1.807, 2.05) is 0 Å². The van der Waals surface area contributed by atoms with Crippen LogP contribution in [0, 0.1) is 6.92 Å². The molecule has 0 unspecified atom stereocenters. The fourth-order valence-corrected chi connectivity index (χ4v) is 1.61. The van der Waals surface area contributed by atoms with Crippen molar-refractivity contribution in [3.8, 4) is 0 Å². The number of amides is 1. The quantitative estimate of drug-likeness (QED) is 0.709. The number of methoxy groups -OCH3 is 1. The van der Waals surface area contributed by atoms with Crippen molar-refractivity contribution >= 4 is 17.7 Å². The molecule has 0 aliphatic carbocycles. The Morgan fingerprint density at radius 3 is 2.35 bits per heavy atom. The number of nitrogen functional groups attached to an aromatic ring is 1. The first-order valence-electron chi connectivity index (χ1n) is 4.97. The summed E-state index contributed by atoms with van der Waals surface area (Å²) in [6, 6.07) is 0. The SMILES string of the molecule is COC(=O)c1nc(C)n(C(C)(C)C(N)=O)c1N. The molecule has 1 amide bonds. The summed E-state index contributed by atoms with van der Waals surface area (Å²) in [6.07, 6.45) is 0. The first kappa shape index (κ1) is 13.0. The average Bonchev–Trinajstić information content (AvgIpc) is 2.53. The molecule has 1 aromatic heterocycles. The molecule has 1 aromatic rings. The lowest BCUT2D eigenvalue weighted by Gasteiger charge is -2.25. The Labute approximate surface area is 98.7 Å². The highest BCUT2D eigenvalue weighted by Crippen LogP contribution is 2.25. The highest BCUT2D eigenvalue weighted by Gasteiger charge is 2.33. The van der Waals surface area contributed by atoms with E-state index in [1.165, 1.54) is 11.7 Å². The topological polar surface area (TPSA) is 113 Å².